The number of nitrogens with zero attached hydrogens (tertiary/aromatic N) is 2. The normalized spacial score (nSPS) is 18.1. The second-order valence-electron chi connectivity index (χ2n) is 5.35. The van der Waals surface area contributed by atoms with Gasteiger partial charge in [0.15, 0.2) is 5.78 Å². The van der Waals surface area contributed by atoms with E-state index in [-0.39, 0.29) is 11.7 Å². The van der Waals surface area contributed by atoms with Gasteiger partial charge < -0.3 is 9.38 Å². The van der Waals surface area contributed by atoms with Crippen molar-refractivity contribution in [1.29, 1.82) is 0 Å². The Morgan fingerprint density at radius 3 is 3.20 bits per heavy atom. The number of rotatable bonds is 2. The molecule has 100 valence electrons. The van der Waals surface area contributed by atoms with E-state index in [9.17, 15) is 4.79 Å². The maximum Gasteiger partial charge on any atom is 0.183 e. The lowest BCUT2D eigenvalue weighted by molar-refractivity contribution is 0.0902. The summed E-state index contributed by atoms with van der Waals surface area (Å²) in [6.07, 6.45) is 6.23. The molecule has 0 aliphatic heterocycles. The van der Waals surface area contributed by atoms with Crippen LogP contribution in [0.25, 0.3) is 5.52 Å². The Bertz CT molecular complexity index is 784. The maximum absolute atomic E-state index is 12.7. The van der Waals surface area contributed by atoms with Crippen molar-refractivity contribution < 1.29 is 4.79 Å². The van der Waals surface area contributed by atoms with Crippen molar-refractivity contribution >= 4 is 11.3 Å². The highest BCUT2D eigenvalue weighted by Crippen LogP contribution is 2.26. The summed E-state index contributed by atoms with van der Waals surface area (Å²) in [6.45, 7) is 0. The first-order valence-corrected chi connectivity index (χ1v) is 6.94. The number of aromatic nitrogens is 3. The molecule has 0 spiro atoms. The maximum atomic E-state index is 12.7. The molecule has 4 heteroatoms. The average Bonchev–Trinajstić information content (AvgIpc) is 3.12. The summed E-state index contributed by atoms with van der Waals surface area (Å²) in [5.41, 5.74) is 4.08. The Kier molecular flexibility index (Phi) is 2.49. The fourth-order valence-corrected chi connectivity index (χ4v) is 3.09. The molecule has 3 aromatic heterocycles. The molecular formula is C16H15N3O. The van der Waals surface area contributed by atoms with E-state index in [1.54, 1.807) is 6.33 Å². The summed E-state index contributed by atoms with van der Waals surface area (Å²) in [4.78, 5) is 20.2. The number of pyridine rings is 1. The van der Waals surface area contributed by atoms with E-state index in [1.165, 1.54) is 5.69 Å². The first kappa shape index (κ1) is 11.5. The highest BCUT2D eigenvalue weighted by Gasteiger charge is 2.28. The van der Waals surface area contributed by atoms with E-state index < -0.39 is 0 Å². The number of fused-ring (bicyclic) bond motifs is 2. The highest BCUT2D eigenvalue weighted by molar-refractivity contribution is 5.97. The van der Waals surface area contributed by atoms with E-state index in [2.05, 4.69) is 9.97 Å². The molecule has 1 unspecified atom stereocenters. The van der Waals surface area contributed by atoms with Crippen LogP contribution in [-0.2, 0) is 12.8 Å². The molecule has 0 amide bonds. The Morgan fingerprint density at radius 2 is 2.25 bits per heavy atom. The van der Waals surface area contributed by atoms with E-state index in [0.29, 0.717) is 0 Å². The third kappa shape index (κ3) is 1.68. The minimum atomic E-state index is 0.0455. The first-order chi connectivity index (χ1) is 9.83. The number of H-pyrrole nitrogens is 1. The SMILES string of the molecule is O=C(c1ccc2ccccn12)C1CCc2[nH]cnc2C1. The summed E-state index contributed by atoms with van der Waals surface area (Å²) >= 11 is 0. The van der Waals surface area contributed by atoms with Crippen molar-refractivity contribution in [3.05, 3.63) is 59.9 Å². The van der Waals surface area contributed by atoms with Gasteiger partial charge in [0.2, 0.25) is 0 Å². The number of ketones is 1. The zero-order valence-electron chi connectivity index (χ0n) is 11.0. The van der Waals surface area contributed by atoms with Gasteiger partial charge >= 0.3 is 0 Å². The van der Waals surface area contributed by atoms with Crippen LogP contribution in [0.3, 0.4) is 0 Å². The number of hydrogen-bond acceptors (Lipinski definition) is 2. The van der Waals surface area contributed by atoms with Gasteiger partial charge in [0.05, 0.1) is 17.7 Å². The zero-order chi connectivity index (χ0) is 13.5. The molecule has 0 saturated carbocycles. The second kappa shape index (κ2) is 4.34. The zero-order valence-corrected chi connectivity index (χ0v) is 11.0. The minimum Gasteiger partial charge on any atom is -0.348 e. The highest BCUT2D eigenvalue weighted by atomic mass is 16.1. The van der Waals surface area contributed by atoms with Crippen molar-refractivity contribution in [2.75, 3.05) is 0 Å². The third-order valence-corrected chi connectivity index (χ3v) is 4.18. The van der Waals surface area contributed by atoms with Crippen molar-refractivity contribution in [3.8, 4) is 0 Å². The lowest BCUT2D eigenvalue weighted by Gasteiger charge is -2.20. The molecule has 0 radical (unpaired) electrons. The molecule has 0 bridgehead atoms. The number of aryl methyl sites for hydroxylation is 1. The largest absolute Gasteiger partial charge is 0.348 e. The van der Waals surface area contributed by atoms with Crippen LogP contribution >= 0.6 is 0 Å². The molecule has 4 rings (SSSR count). The van der Waals surface area contributed by atoms with E-state index in [1.807, 2.05) is 40.9 Å². The molecule has 3 heterocycles. The van der Waals surface area contributed by atoms with Gasteiger partial charge in [-0.1, -0.05) is 6.07 Å². The summed E-state index contributed by atoms with van der Waals surface area (Å²) in [6, 6.07) is 9.88. The topological polar surface area (TPSA) is 50.2 Å². The Morgan fingerprint density at radius 1 is 1.30 bits per heavy atom. The van der Waals surface area contributed by atoms with E-state index >= 15 is 0 Å². The number of aromatic amines is 1. The molecule has 0 fully saturated rings. The fraction of sp³-hybridized carbons (Fsp3) is 0.250. The number of Topliss-reactive ketones (excluding diaryl/α,β-unsaturated/α-hetero) is 1. The van der Waals surface area contributed by atoms with Gasteiger partial charge in [0.25, 0.3) is 0 Å². The van der Waals surface area contributed by atoms with Crippen molar-refractivity contribution in [1.82, 2.24) is 14.4 Å². The quantitative estimate of drug-likeness (QED) is 0.724. The Hall–Kier alpha value is -2.36. The number of imidazole rings is 1. The molecule has 1 aliphatic carbocycles. The molecule has 1 atom stereocenters. The summed E-state index contributed by atoms with van der Waals surface area (Å²) in [5, 5.41) is 0. The fourth-order valence-electron chi connectivity index (χ4n) is 3.09. The van der Waals surface area contributed by atoms with E-state index in [0.717, 1.165) is 36.2 Å². The molecule has 1 aliphatic rings. The van der Waals surface area contributed by atoms with Crippen LogP contribution in [0, 0.1) is 5.92 Å². The van der Waals surface area contributed by atoms with Crippen LogP contribution in [0.5, 0.6) is 0 Å². The van der Waals surface area contributed by atoms with E-state index in [4.69, 9.17) is 0 Å². The lowest BCUT2D eigenvalue weighted by Crippen LogP contribution is -2.23. The molecule has 0 aromatic carbocycles. The van der Waals surface area contributed by atoms with Crippen LogP contribution in [0.15, 0.2) is 42.9 Å². The van der Waals surface area contributed by atoms with Crippen LogP contribution in [0.4, 0.5) is 0 Å². The summed E-state index contributed by atoms with van der Waals surface area (Å²) in [5.74, 6) is 0.272. The molecular weight excluding hydrogens is 250 g/mol. The number of carbonyl (C=O) groups excluding carboxylic acids is 1. The van der Waals surface area contributed by atoms with Crippen molar-refractivity contribution in [3.63, 3.8) is 0 Å². The van der Waals surface area contributed by atoms with Crippen molar-refractivity contribution in [2.45, 2.75) is 19.3 Å². The van der Waals surface area contributed by atoms with Gasteiger partial charge in [-0.15, -0.1) is 0 Å². The molecule has 0 saturated heterocycles. The monoisotopic (exact) mass is 265 g/mol. The number of carbonyl (C=O) groups is 1. The van der Waals surface area contributed by atoms with Gasteiger partial charge in [-0.2, -0.15) is 0 Å². The van der Waals surface area contributed by atoms with Crippen molar-refractivity contribution in [2.24, 2.45) is 5.92 Å². The van der Waals surface area contributed by atoms with Gasteiger partial charge in [0, 0.05) is 29.7 Å². The predicted molar refractivity (Wildman–Crippen MR) is 75.8 cm³/mol. The van der Waals surface area contributed by atoms with Crippen LogP contribution in [0.2, 0.25) is 0 Å². The van der Waals surface area contributed by atoms with Gasteiger partial charge in [0.1, 0.15) is 0 Å². The van der Waals surface area contributed by atoms with Crippen LogP contribution in [-0.4, -0.2) is 20.2 Å². The lowest BCUT2D eigenvalue weighted by atomic mass is 9.85. The summed E-state index contributed by atoms with van der Waals surface area (Å²) < 4.78 is 1.97. The minimum absolute atomic E-state index is 0.0455. The van der Waals surface area contributed by atoms with Crippen LogP contribution < -0.4 is 0 Å². The molecule has 20 heavy (non-hydrogen) atoms. The second-order valence-corrected chi connectivity index (χ2v) is 5.35. The molecule has 3 aromatic rings. The van der Waals surface area contributed by atoms with Gasteiger partial charge in [-0.05, 0) is 37.1 Å². The summed E-state index contributed by atoms with van der Waals surface area (Å²) in [7, 11) is 0. The number of nitrogens with one attached hydrogen (secondary N) is 1. The Balaban J connectivity index is 1.68. The van der Waals surface area contributed by atoms with Crippen LogP contribution in [0.1, 0.15) is 28.3 Å². The average molecular weight is 265 g/mol. The predicted octanol–water partition coefficient (Wildman–Crippen LogP) is 2.65. The van der Waals surface area contributed by atoms with Gasteiger partial charge in [-0.3, -0.25) is 4.79 Å². The molecule has 1 N–H and O–H groups in total. The molecule has 4 nitrogen and oxygen atoms in total. The van der Waals surface area contributed by atoms with Gasteiger partial charge in [-0.25, -0.2) is 4.98 Å². The third-order valence-electron chi connectivity index (χ3n) is 4.18. The smallest absolute Gasteiger partial charge is 0.183 e. The Labute approximate surface area is 116 Å². The number of hydrogen-bond donors (Lipinski definition) is 1. The first-order valence-electron chi connectivity index (χ1n) is 6.94. The standard InChI is InChI=1S/C16H15N3O/c20-16(11-4-6-13-14(9-11)18-10-17-13)15-7-5-12-3-1-2-8-19(12)15/h1-3,5,7-8,10-11H,4,6,9H2,(H,17,18).